The molecule has 0 saturated heterocycles. The number of carbonyl (C=O) groups excluding carboxylic acids is 2. The highest BCUT2D eigenvalue weighted by atomic mass is 16.5. The van der Waals surface area contributed by atoms with Crippen molar-refractivity contribution in [3.8, 4) is 5.75 Å². The number of rotatable bonds is 6. The summed E-state index contributed by atoms with van der Waals surface area (Å²) in [6.45, 7) is -0.506. The number of benzene rings is 2. The smallest absolute Gasteiger partial charge is 0.251 e. The molecular weight excluding hydrogens is 296 g/mol. The van der Waals surface area contributed by atoms with Crippen LogP contribution in [0, 0.1) is 0 Å². The average Bonchev–Trinajstić information content (AvgIpc) is 2.60. The maximum absolute atomic E-state index is 12.2. The maximum atomic E-state index is 12.2. The third-order valence-corrected chi connectivity index (χ3v) is 3.18. The van der Waals surface area contributed by atoms with Crippen LogP contribution in [0.2, 0.25) is 0 Å². The van der Waals surface area contributed by atoms with Crippen molar-refractivity contribution in [1.29, 1.82) is 0 Å². The molecule has 0 unspecified atom stereocenters. The van der Waals surface area contributed by atoms with Crippen LogP contribution in [0.15, 0.2) is 54.6 Å². The minimum atomic E-state index is -1.05. The number of nitrogens with one attached hydrogen (secondary N) is 2. The van der Waals surface area contributed by atoms with E-state index < -0.39 is 24.5 Å². The van der Waals surface area contributed by atoms with Crippen molar-refractivity contribution < 1.29 is 19.4 Å². The summed E-state index contributed by atoms with van der Waals surface area (Å²) in [5.41, 5.74) is 0.932. The van der Waals surface area contributed by atoms with Crippen molar-refractivity contribution in [2.24, 2.45) is 0 Å². The van der Waals surface area contributed by atoms with E-state index in [2.05, 4.69) is 10.6 Å². The Bertz CT molecular complexity index is 673. The monoisotopic (exact) mass is 314 g/mol. The molecule has 0 fully saturated rings. The second-order valence-corrected chi connectivity index (χ2v) is 4.80. The van der Waals surface area contributed by atoms with Crippen LogP contribution in [0.1, 0.15) is 10.4 Å². The lowest BCUT2D eigenvalue weighted by molar-refractivity contribution is -0.118. The second kappa shape index (κ2) is 7.95. The van der Waals surface area contributed by atoms with Gasteiger partial charge in [0.15, 0.2) is 0 Å². The molecule has 0 spiro atoms. The number of ether oxygens (including phenoxy) is 1. The molecule has 6 nitrogen and oxygen atoms in total. The zero-order chi connectivity index (χ0) is 16.7. The van der Waals surface area contributed by atoms with E-state index >= 15 is 0 Å². The Morgan fingerprint density at radius 3 is 2.52 bits per heavy atom. The van der Waals surface area contributed by atoms with Crippen LogP contribution in [-0.4, -0.2) is 36.7 Å². The standard InChI is InChI=1S/C17H18N2O4/c1-23-14-9-5-8-13(10-14)18-17(22)15(11-20)19-16(21)12-6-3-2-4-7-12/h2-10,15,20H,11H2,1H3,(H,18,22)(H,19,21)/t15-/m0/s1. The van der Waals surface area contributed by atoms with Gasteiger partial charge >= 0.3 is 0 Å². The normalized spacial score (nSPS) is 11.4. The number of aliphatic hydroxyl groups is 1. The first kappa shape index (κ1) is 16.5. The molecule has 120 valence electrons. The number of anilines is 1. The third kappa shape index (κ3) is 4.55. The maximum Gasteiger partial charge on any atom is 0.251 e. The first-order valence-electron chi connectivity index (χ1n) is 7.05. The molecular formula is C17H18N2O4. The van der Waals surface area contributed by atoms with E-state index in [1.807, 2.05) is 0 Å². The topological polar surface area (TPSA) is 87.7 Å². The highest BCUT2D eigenvalue weighted by Gasteiger charge is 2.20. The molecule has 0 aliphatic heterocycles. The second-order valence-electron chi connectivity index (χ2n) is 4.80. The molecule has 0 saturated carbocycles. The summed E-state index contributed by atoms with van der Waals surface area (Å²) in [5, 5.41) is 14.5. The van der Waals surface area contributed by atoms with Crippen LogP contribution < -0.4 is 15.4 Å². The van der Waals surface area contributed by atoms with E-state index in [1.165, 1.54) is 7.11 Å². The van der Waals surface area contributed by atoms with Gasteiger partial charge in [0.1, 0.15) is 11.8 Å². The van der Waals surface area contributed by atoms with Gasteiger partial charge in [-0.3, -0.25) is 9.59 Å². The summed E-state index contributed by atoms with van der Waals surface area (Å²) < 4.78 is 5.08. The fraction of sp³-hybridized carbons (Fsp3) is 0.176. The summed E-state index contributed by atoms with van der Waals surface area (Å²) in [5.74, 6) is -0.341. The Morgan fingerprint density at radius 2 is 1.87 bits per heavy atom. The van der Waals surface area contributed by atoms with E-state index in [1.54, 1.807) is 54.6 Å². The van der Waals surface area contributed by atoms with Crippen molar-refractivity contribution in [1.82, 2.24) is 5.32 Å². The van der Waals surface area contributed by atoms with Gasteiger partial charge in [0.25, 0.3) is 5.91 Å². The van der Waals surface area contributed by atoms with Gasteiger partial charge in [0.2, 0.25) is 5.91 Å². The summed E-state index contributed by atoms with van der Waals surface area (Å²) in [4.78, 5) is 24.2. The van der Waals surface area contributed by atoms with Gasteiger partial charge in [0.05, 0.1) is 13.7 Å². The Hall–Kier alpha value is -2.86. The first-order valence-corrected chi connectivity index (χ1v) is 7.05. The fourth-order valence-corrected chi connectivity index (χ4v) is 1.96. The predicted octanol–water partition coefficient (Wildman–Crippen LogP) is 1.42. The average molecular weight is 314 g/mol. The molecule has 2 aromatic rings. The summed E-state index contributed by atoms with van der Waals surface area (Å²) >= 11 is 0. The molecule has 2 rings (SSSR count). The van der Waals surface area contributed by atoms with Crippen molar-refractivity contribution in [3.63, 3.8) is 0 Å². The molecule has 0 aliphatic carbocycles. The number of carbonyl (C=O) groups is 2. The van der Waals surface area contributed by atoms with Crippen molar-refractivity contribution in [2.45, 2.75) is 6.04 Å². The third-order valence-electron chi connectivity index (χ3n) is 3.18. The quantitative estimate of drug-likeness (QED) is 0.752. The number of aliphatic hydroxyl groups excluding tert-OH is 1. The van der Waals surface area contributed by atoms with E-state index in [0.717, 1.165) is 0 Å². The minimum absolute atomic E-state index is 0.417. The summed E-state index contributed by atoms with van der Waals surface area (Å²) in [6, 6.07) is 14.2. The van der Waals surface area contributed by atoms with Crippen LogP contribution in [0.3, 0.4) is 0 Å². The van der Waals surface area contributed by atoms with Gasteiger partial charge in [-0.15, -0.1) is 0 Å². The number of hydrogen-bond donors (Lipinski definition) is 3. The molecule has 23 heavy (non-hydrogen) atoms. The van der Waals surface area contributed by atoms with Crippen molar-refractivity contribution >= 4 is 17.5 Å². The molecule has 3 N–H and O–H groups in total. The van der Waals surface area contributed by atoms with Crippen LogP contribution in [0.5, 0.6) is 5.75 Å². The van der Waals surface area contributed by atoms with Crippen LogP contribution in [-0.2, 0) is 4.79 Å². The van der Waals surface area contributed by atoms with Crippen LogP contribution in [0.4, 0.5) is 5.69 Å². The molecule has 2 aromatic carbocycles. The molecule has 1 atom stereocenters. The predicted molar refractivity (Wildman–Crippen MR) is 86.4 cm³/mol. The zero-order valence-electron chi connectivity index (χ0n) is 12.7. The Kier molecular flexibility index (Phi) is 5.71. The number of hydrogen-bond acceptors (Lipinski definition) is 4. The fourth-order valence-electron chi connectivity index (χ4n) is 1.96. The van der Waals surface area contributed by atoms with E-state index in [9.17, 15) is 14.7 Å². The summed E-state index contributed by atoms with van der Waals surface area (Å²) in [6.07, 6.45) is 0. The highest BCUT2D eigenvalue weighted by molar-refractivity contribution is 6.01. The lowest BCUT2D eigenvalue weighted by Crippen LogP contribution is -2.46. The van der Waals surface area contributed by atoms with Gasteiger partial charge in [-0.25, -0.2) is 0 Å². The molecule has 2 amide bonds. The highest BCUT2D eigenvalue weighted by Crippen LogP contribution is 2.16. The van der Waals surface area contributed by atoms with Gasteiger partial charge in [0, 0.05) is 17.3 Å². The number of amides is 2. The minimum Gasteiger partial charge on any atom is -0.497 e. The van der Waals surface area contributed by atoms with Gasteiger partial charge in [-0.2, -0.15) is 0 Å². The van der Waals surface area contributed by atoms with E-state index in [4.69, 9.17) is 4.74 Å². The Morgan fingerprint density at radius 1 is 1.13 bits per heavy atom. The molecule has 0 bridgehead atoms. The SMILES string of the molecule is COc1cccc(NC(=O)[C@H](CO)NC(=O)c2ccccc2)c1. The lowest BCUT2D eigenvalue weighted by Gasteiger charge is -2.16. The van der Waals surface area contributed by atoms with Gasteiger partial charge in [-0.05, 0) is 24.3 Å². The number of methoxy groups -OCH3 is 1. The van der Waals surface area contributed by atoms with Gasteiger partial charge < -0.3 is 20.5 Å². The van der Waals surface area contributed by atoms with E-state index in [-0.39, 0.29) is 0 Å². The zero-order valence-corrected chi connectivity index (χ0v) is 12.7. The molecule has 0 radical (unpaired) electrons. The first-order chi connectivity index (χ1) is 11.1. The Labute approximate surface area is 134 Å². The van der Waals surface area contributed by atoms with Crippen LogP contribution >= 0.6 is 0 Å². The molecule has 0 aromatic heterocycles. The molecule has 0 aliphatic rings. The molecule has 0 heterocycles. The summed E-state index contributed by atoms with van der Waals surface area (Å²) in [7, 11) is 1.53. The van der Waals surface area contributed by atoms with E-state index in [0.29, 0.717) is 17.0 Å². The lowest BCUT2D eigenvalue weighted by atomic mass is 10.2. The van der Waals surface area contributed by atoms with Crippen molar-refractivity contribution in [2.75, 3.05) is 19.0 Å². The largest absolute Gasteiger partial charge is 0.497 e. The molecule has 6 heteroatoms. The van der Waals surface area contributed by atoms with Gasteiger partial charge in [-0.1, -0.05) is 24.3 Å². The Balaban J connectivity index is 2.02. The van der Waals surface area contributed by atoms with Crippen molar-refractivity contribution in [3.05, 3.63) is 60.2 Å². The van der Waals surface area contributed by atoms with Crippen LogP contribution in [0.25, 0.3) is 0 Å².